The van der Waals surface area contributed by atoms with Crippen LogP contribution >= 0.6 is 12.2 Å². The largest absolute Gasteiger partial charge is 0.494 e. The lowest BCUT2D eigenvalue weighted by Gasteiger charge is -2.21. The number of ether oxygens (including phenoxy) is 1. The number of hydrogen-bond donors (Lipinski definition) is 1. The van der Waals surface area contributed by atoms with Crippen LogP contribution in [0.4, 0.5) is 5.69 Å². The van der Waals surface area contributed by atoms with E-state index in [4.69, 9.17) is 17.0 Å². The minimum absolute atomic E-state index is 0.765. The maximum absolute atomic E-state index is 5.94. The lowest BCUT2D eigenvalue weighted by molar-refractivity contribution is 0.287. The maximum Gasteiger partial charge on any atom is 0.173 e. The molecule has 144 valence electrons. The quantitative estimate of drug-likeness (QED) is 0.358. The molecule has 1 aliphatic heterocycles. The van der Waals surface area contributed by atoms with Gasteiger partial charge >= 0.3 is 0 Å². The highest BCUT2D eigenvalue weighted by Crippen LogP contribution is 2.31. The summed E-state index contributed by atoms with van der Waals surface area (Å²) in [5.74, 6) is 0.968. The van der Waals surface area contributed by atoms with Crippen molar-refractivity contribution in [2.75, 3.05) is 44.7 Å². The standard InChI is InChI=1S/C21H33N3OS/c1-4-6-12-22-21(26)24-15-11-18-17-19(9-10-20(18)24)25-16-8-7-14-23(3)13-5-2/h5,9-10,17H,2,4,6-8,11-16H2,1,3H3,(H,22,26). The highest BCUT2D eigenvalue weighted by molar-refractivity contribution is 7.80. The molecule has 26 heavy (non-hydrogen) atoms. The number of anilines is 1. The second kappa shape index (κ2) is 11.2. The average molecular weight is 376 g/mol. The zero-order valence-corrected chi connectivity index (χ0v) is 17.1. The first-order chi connectivity index (χ1) is 12.7. The van der Waals surface area contributed by atoms with Gasteiger partial charge in [-0.15, -0.1) is 6.58 Å². The van der Waals surface area contributed by atoms with E-state index < -0.39 is 0 Å². The van der Waals surface area contributed by atoms with E-state index in [1.165, 1.54) is 17.7 Å². The number of rotatable bonds is 11. The fourth-order valence-corrected chi connectivity index (χ4v) is 3.42. The number of nitrogens with one attached hydrogen (secondary N) is 1. The zero-order valence-electron chi connectivity index (χ0n) is 16.3. The van der Waals surface area contributed by atoms with Crippen LogP contribution in [-0.4, -0.2) is 49.8 Å². The smallest absolute Gasteiger partial charge is 0.173 e. The SMILES string of the molecule is C=CCN(C)CCCCOc1ccc2c(c1)CCN2C(=S)NCCCC. The molecule has 0 amide bonds. The number of nitrogens with zero attached hydrogens (tertiary/aromatic N) is 2. The lowest BCUT2D eigenvalue weighted by atomic mass is 10.1. The zero-order chi connectivity index (χ0) is 18.8. The van der Waals surface area contributed by atoms with Gasteiger partial charge in [0.05, 0.1) is 6.61 Å². The average Bonchev–Trinajstić information content (AvgIpc) is 3.05. The van der Waals surface area contributed by atoms with Crippen molar-refractivity contribution in [2.24, 2.45) is 0 Å². The van der Waals surface area contributed by atoms with Gasteiger partial charge in [0.15, 0.2) is 5.11 Å². The van der Waals surface area contributed by atoms with Gasteiger partial charge in [-0.1, -0.05) is 19.4 Å². The number of unbranched alkanes of at least 4 members (excludes halogenated alkanes) is 2. The summed E-state index contributed by atoms with van der Waals surface area (Å²) in [5, 5.41) is 4.21. The van der Waals surface area contributed by atoms with Gasteiger partial charge in [0.2, 0.25) is 0 Å². The predicted molar refractivity (Wildman–Crippen MR) is 115 cm³/mol. The molecule has 1 aromatic carbocycles. The van der Waals surface area contributed by atoms with Crippen LogP contribution in [0.25, 0.3) is 0 Å². The summed E-state index contributed by atoms with van der Waals surface area (Å²) in [7, 11) is 2.12. The van der Waals surface area contributed by atoms with Crippen molar-refractivity contribution in [2.45, 2.75) is 39.0 Å². The van der Waals surface area contributed by atoms with E-state index >= 15 is 0 Å². The first-order valence-corrected chi connectivity index (χ1v) is 10.2. The second-order valence-corrected chi connectivity index (χ2v) is 7.27. The second-order valence-electron chi connectivity index (χ2n) is 6.88. The van der Waals surface area contributed by atoms with Crippen molar-refractivity contribution in [3.05, 3.63) is 36.4 Å². The third-order valence-electron chi connectivity index (χ3n) is 4.64. The van der Waals surface area contributed by atoms with Crippen LogP contribution in [0.1, 0.15) is 38.2 Å². The van der Waals surface area contributed by atoms with Gasteiger partial charge in [0, 0.05) is 25.3 Å². The Morgan fingerprint density at radius 3 is 3.00 bits per heavy atom. The molecule has 1 N–H and O–H groups in total. The molecule has 0 fully saturated rings. The summed E-state index contributed by atoms with van der Waals surface area (Å²) in [6, 6.07) is 6.38. The van der Waals surface area contributed by atoms with Crippen LogP contribution < -0.4 is 15.0 Å². The summed E-state index contributed by atoms with van der Waals surface area (Å²) >= 11 is 5.55. The van der Waals surface area contributed by atoms with Crippen molar-refractivity contribution < 1.29 is 4.74 Å². The molecule has 1 aromatic rings. The molecule has 1 aliphatic rings. The Hall–Kier alpha value is -1.59. The first-order valence-electron chi connectivity index (χ1n) is 9.76. The first kappa shape index (κ1) is 20.7. The molecule has 0 aliphatic carbocycles. The summed E-state index contributed by atoms with van der Waals surface area (Å²) in [5.41, 5.74) is 2.55. The predicted octanol–water partition coefficient (Wildman–Crippen LogP) is 4.00. The normalized spacial score (nSPS) is 13.0. The molecule has 0 atom stereocenters. The number of likely N-dealkylation sites (N-methyl/N-ethyl adjacent to an activating group) is 1. The van der Waals surface area contributed by atoms with E-state index in [2.05, 4.69) is 53.9 Å². The van der Waals surface area contributed by atoms with Crippen molar-refractivity contribution in [3.63, 3.8) is 0 Å². The number of hydrogen-bond acceptors (Lipinski definition) is 3. The van der Waals surface area contributed by atoms with Crippen LogP contribution in [0, 0.1) is 0 Å². The van der Waals surface area contributed by atoms with Gasteiger partial charge in [-0.05, 0) is 75.3 Å². The van der Waals surface area contributed by atoms with Crippen molar-refractivity contribution >= 4 is 23.0 Å². The summed E-state index contributed by atoms with van der Waals surface area (Å²) in [6.07, 6.45) is 7.50. The van der Waals surface area contributed by atoms with E-state index in [0.717, 1.165) is 69.3 Å². The maximum atomic E-state index is 5.94. The van der Waals surface area contributed by atoms with Crippen LogP contribution in [0.5, 0.6) is 5.75 Å². The molecular formula is C21H33N3OS. The van der Waals surface area contributed by atoms with Crippen molar-refractivity contribution in [1.29, 1.82) is 0 Å². The van der Waals surface area contributed by atoms with Gasteiger partial charge < -0.3 is 19.9 Å². The molecule has 1 heterocycles. The van der Waals surface area contributed by atoms with Gasteiger partial charge in [0.25, 0.3) is 0 Å². The molecule has 0 unspecified atom stereocenters. The molecule has 0 saturated carbocycles. The van der Waals surface area contributed by atoms with E-state index in [-0.39, 0.29) is 0 Å². The van der Waals surface area contributed by atoms with Gasteiger partial charge in [-0.2, -0.15) is 0 Å². The minimum atomic E-state index is 0.765. The Balaban J connectivity index is 1.77. The summed E-state index contributed by atoms with van der Waals surface area (Å²) < 4.78 is 5.94. The summed E-state index contributed by atoms with van der Waals surface area (Å²) in [6.45, 7) is 10.6. The van der Waals surface area contributed by atoms with Gasteiger partial charge in [0.1, 0.15) is 5.75 Å². The number of thiocarbonyl (C=S) groups is 1. The number of fused-ring (bicyclic) bond motifs is 1. The molecule has 4 nitrogen and oxygen atoms in total. The Bertz CT molecular complexity index is 591. The molecule has 5 heteroatoms. The molecule has 0 bridgehead atoms. The number of benzene rings is 1. The van der Waals surface area contributed by atoms with Crippen LogP contribution in [0.3, 0.4) is 0 Å². The van der Waals surface area contributed by atoms with Gasteiger partial charge in [-0.3, -0.25) is 0 Å². The van der Waals surface area contributed by atoms with Crippen LogP contribution in [-0.2, 0) is 6.42 Å². The molecule has 0 spiro atoms. The van der Waals surface area contributed by atoms with Crippen molar-refractivity contribution in [1.82, 2.24) is 10.2 Å². The Morgan fingerprint density at radius 1 is 1.38 bits per heavy atom. The monoisotopic (exact) mass is 375 g/mol. The van der Waals surface area contributed by atoms with Crippen molar-refractivity contribution in [3.8, 4) is 5.75 Å². The molecule has 0 saturated heterocycles. The topological polar surface area (TPSA) is 27.7 Å². The fourth-order valence-electron chi connectivity index (χ4n) is 3.13. The van der Waals surface area contributed by atoms with E-state index in [1.54, 1.807) is 0 Å². The Labute approximate surface area is 164 Å². The Kier molecular flexibility index (Phi) is 8.92. The van der Waals surface area contributed by atoms with Crippen LogP contribution in [0.15, 0.2) is 30.9 Å². The highest BCUT2D eigenvalue weighted by Gasteiger charge is 2.22. The highest BCUT2D eigenvalue weighted by atomic mass is 32.1. The third-order valence-corrected chi connectivity index (χ3v) is 5.01. The van der Waals surface area contributed by atoms with E-state index in [1.807, 2.05) is 6.08 Å². The molecule has 0 radical (unpaired) electrons. The molecular weight excluding hydrogens is 342 g/mol. The van der Waals surface area contributed by atoms with Gasteiger partial charge in [-0.25, -0.2) is 0 Å². The van der Waals surface area contributed by atoms with Crippen LogP contribution in [0.2, 0.25) is 0 Å². The van der Waals surface area contributed by atoms with E-state index in [9.17, 15) is 0 Å². The molecule has 2 rings (SSSR count). The minimum Gasteiger partial charge on any atom is -0.494 e. The third kappa shape index (κ3) is 6.29. The summed E-state index contributed by atoms with van der Waals surface area (Å²) in [4.78, 5) is 4.48. The van der Waals surface area contributed by atoms with E-state index in [0.29, 0.717) is 0 Å². The lowest BCUT2D eigenvalue weighted by Crippen LogP contribution is -2.39. The molecule has 0 aromatic heterocycles. The Morgan fingerprint density at radius 2 is 2.23 bits per heavy atom. The fraction of sp³-hybridized carbons (Fsp3) is 0.571.